The third-order valence-corrected chi connectivity index (χ3v) is 17.8. The molecule has 0 spiro atoms. The van der Waals surface area contributed by atoms with Gasteiger partial charge in [-0.15, -0.1) is 0 Å². The zero-order chi connectivity index (χ0) is 114. The molecule has 0 unspecified atom stereocenters. The Morgan fingerprint density at radius 3 is 0.459 bits per heavy atom. The normalized spacial score (nSPS) is 9.15. The van der Waals surface area contributed by atoms with Crippen molar-refractivity contribution in [2.45, 2.75) is 196 Å². The molecule has 35 heteroatoms. The standard InChI is InChI=1S/2C10H12FNO.2C9H11FN2O.2C8H10FN.C7H9FN2.6C7H8FN.4C2H6.2CH5N/c2*1-7-3-4-9(5-10(7)11)6-12-8(2)13;2*1-6(13)12-5-7-2-3-9(11)8(10)4-7;2*1-6-2-3-7(5-10)4-8(6)9;8-6-3-5(4-9)1-2-7(6)10;6*8-7-3-1-2-6(4-7)5-9;6*1-2/h2*3-5H,6H2,1-2H3,(H,12,13);2*2-4H,5,11H2,1H3,(H,12,13);2*2-4H,5,10H2,1H3;1-3H,4,9-10H2;6*1-4H,5,9H2;4*1-2H3;2*2H2,1H3. The lowest BCUT2D eigenvalue weighted by atomic mass is 10.1. The number of nitrogens with two attached hydrogens (primary N) is 14. The molecule has 13 aromatic rings. The minimum atomic E-state index is -0.456. The Bertz CT molecular complexity index is 5000. The number of benzene rings is 13. The third kappa shape index (κ3) is 73.8. The quantitative estimate of drug-likeness (QED) is 0.0297. The number of rotatable bonds is 17. The average molecular weight is 2080 g/mol. The molecule has 0 bridgehead atoms. The number of carbonyl (C=O) groups is 4. The molecule has 13 aromatic carbocycles. The topological polar surface area (TPSA) is 481 Å². The van der Waals surface area contributed by atoms with Crippen LogP contribution in [0.25, 0.3) is 0 Å². The number of hydrogen-bond acceptors (Lipinski definition) is 18. The van der Waals surface area contributed by atoms with E-state index in [1.807, 2.05) is 67.5 Å². The van der Waals surface area contributed by atoms with Gasteiger partial charge in [-0.25, -0.2) is 57.1 Å². The van der Waals surface area contributed by atoms with E-state index in [2.05, 4.69) is 32.7 Å². The fourth-order valence-electron chi connectivity index (χ4n) is 9.97. The Balaban J connectivity index is -0.000000366. The minimum Gasteiger partial charge on any atom is -0.396 e. The zero-order valence-electron chi connectivity index (χ0n) is 88.3. The largest absolute Gasteiger partial charge is 0.396 e. The first kappa shape index (κ1) is 144. The monoisotopic (exact) mass is 2080 g/mol. The van der Waals surface area contributed by atoms with Crippen molar-refractivity contribution >= 4 is 40.7 Å². The maximum Gasteiger partial charge on any atom is 0.217 e. The van der Waals surface area contributed by atoms with Gasteiger partial charge in [0.15, 0.2) is 0 Å². The van der Waals surface area contributed by atoms with Crippen LogP contribution < -0.4 is 102 Å². The zero-order valence-corrected chi connectivity index (χ0v) is 88.3. The molecular weight excluding hydrogens is 1920 g/mol. The molecule has 0 aliphatic carbocycles. The molecule has 0 saturated heterocycles. The fourth-order valence-corrected chi connectivity index (χ4v) is 9.97. The summed E-state index contributed by atoms with van der Waals surface area (Å²) in [6.45, 7) is 33.5. The molecule has 0 atom stereocenters. The van der Waals surface area contributed by atoms with Crippen molar-refractivity contribution in [2.24, 2.45) is 63.1 Å². The molecule has 0 aliphatic rings. The van der Waals surface area contributed by atoms with Gasteiger partial charge in [0.25, 0.3) is 0 Å². The van der Waals surface area contributed by atoms with E-state index in [-0.39, 0.29) is 98.9 Å². The highest BCUT2D eigenvalue weighted by molar-refractivity contribution is 5.74. The molecule has 32 N–H and O–H groups in total. The molecular formula is C113H157F13N18O4. The summed E-state index contributed by atoms with van der Waals surface area (Å²) in [5.74, 6) is -3.98. The Hall–Kier alpha value is -14.2. The Morgan fingerprint density at radius 2 is 0.324 bits per heavy atom. The van der Waals surface area contributed by atoms with Crippen molar-refractivity contribution in [3.8, 4) is 0 Å². The summed E-state index contributed by atoms with van der Waals surface area (Å²) in [6, 6.07) is 71.1. The third-order valence-electron chi connectivity index (χ3n) is 17.8. The highest BCUT2D eigenvalue weighted by Crippen LogP contribution is 2.18. The molecule has 0 heterocycles. The highest BCUT2D eigenvalue weighted by atomic mass is 19.2. The number of amides is 4. The van der Waals surface area contributed by atoms with E-state index in [9.17, 15) is 76.3 Å². The first-order valence-corrected chi connectivity index (χ1v) is 47.1. The number of aryl methyl sites for hydroxylation is 4. The van der Waals surface area contributed by atoms with Crippen molar-refractivity contribution in [3.05, 3.63) is 443 Å². The van der Waals surface area contributed by atoms with Gasteiger partial charge >= 0.3 is 0 Å². The first-order valence-electron chi connectivity index (χ1n) is 47.1. The molecule has 22 nitrogen and oxygen atoms in total. The molecule has 0 aliphatic heterocycles. The van der Waals surface area contributed by atoms with E-state index in [4.69, 9.17) is 68.8 Å². The summed E-state index contributed by atoms with van der Waals surface area (Å²) >= 11 is 0. The molecule has 4 amide bonds. The summed E-state index contributed by atoms with van der Waals surface area (Å²) in [5, 5.41) is 10.3. The van der Waals surface area contributed by atoms with Crippen LogP contribution in [0.4, 0.5) is 74.1 Å². The minimum absolute atomic E-state index is 0.110. The van der Waals surface area contributed by atoms with Gasteiger partial charge < -0.3 is 102 Å². The lowest BCUT2D eigenvalue weighted by Gasteiger charge is -2.03. The predicted octanol–water partition coefficient (Wildman–Crippen LogP) is 20.6. The maximum absolute atomic E-state index is 13.0. The number of hydrogen-bond donors (Lipinski definition) is 18. The molecule has 0 fully saturated rings. The van der Waals surface area contributed by atoms with Gasteiger partial charge in [-0.1, -0.05) is 195 Å². The Kier molecular flexibility index (Phi) is 89.3. The van der Waals surface area contributed by atoms with Crippen molar-refractivity contribution in [3.63, 3.8) is 0 Å². The summed E-state index contributed by atoms with van der Waals surface area (Å²) in [5.41, 5.74) is 85.5. The van der Waals surface area contributed by atoms with Gasteiger partial charge in [0, 0.05) is 113 Å². The van der Waals surface area contributed by atoms with Crippen LogP contribution in [0.1, 0.15) is 178 Å². The number of anilines is 3. The number of nitrogens with one attached hydrogen (secondary N) is 4. The van der Waals surface area contributed by atoms with E-state index >= 15 is 0 Å². The molecule has 0 saturated carbocycles. The van der Waals surface area contributed by atoms with Gasteiger partial charge in [-0.05, 0) is 270 Å². The summed E-state index contributed by atoms with van der Waals surface area (Å²) in [7, 11) is 3.00. The molecule has 148 heavy (non-hydrogen) atoms. The van der Waals surface area contributed by atoms with E-state index in [1.165, 1.54) is 175 Å². The number of nitrogen functional groups attached to an aromatic ring is 3. The lowest BCUT2D eigenvalue weighted by Crippen LogP contribution is -2.18. The molecule has 814 valence electrons. The Morgan fingerprint density at radius 1 is 0.196 bits per heavy atom. The van der Waals surface area contributed by atoms with Crippen LogP contribution >= 0.6 is 0 Å². The van der Waals surface area contributed by atoms with Gasteiger partial charge in [-0.2, -0.15) is 0 Å². The van der Waals surface area contributed by atoms with Crippen LogP contribution in [0.5, 0.6) is 0 Å². The second-order valence-corrected chi connectivity index (χ2v) is 29.2. The van der Waals surface area contributed by atoms with Crippen molar-refractivity contribution in [1.29, 1.82) is 0 Å². The molecule has 13 rings (SSSR count). The van der Waals surface area contributed by atoms with Gasteiger partial charge in [0.05, 0.1) is 17.1 Å². The van der Waals surface area contributed by atoms with Crippen LogP contribution in [0, 0.1) is 103 Å². The van der Waals surface area contributed by atoms with Gasteiger partial charge in [-0.3, -0.25) is 19.2 Å². The summed E-state index contributed by atoms with van der Waals surface area (Å²) in [4.78, 5) is 42.2. The lowest BCUT2D eigenvalue weighted by molar-refractivity contribution is -0.120. The highest BCUT2D eigenvalue weighted by Gasteiger charge is 2.07. The van der Waals surface area contributed by atoms with E-state index in [1.54, 1.807) is 155 Å². The van der Waals surface area contributed by atoms with Crippen LogP contribution in [0.3, 0.4) is 0 Å². The second kappa shape index (κ2) is 91.5. The average Bonchev–Trinajstić information content (AvgIpc) is 0.885. The van der Waals surface area contributed by atoms with Crippen molar-refractivity contribution in [2.75, 3.05) is 31.3 Å². The van der Waals surface area contributed by atoms with Gasteiger partial charge in [0.1, 0.15) is 75.6 Å². The SMILES string of the molecule is CC.CC.CC.CC.CC(=O)NCc1ccc(C)c(F)c1.CC(=O)NCc1ccc(C)c(F)c1.CC(=O)NCc1ccc(N)c(F)c1.CC(=O)NCc1ccc(N)c(F)c1.CN.CN.Cc1ccc(CN)cc1F.Cc1ccc(CN)cc1F.NCc1ccc(N)c(F)c1.NCc1cccc(F)c1.NCc1cccc(F)c1.NCc1cccc(F)c1.NCc1cccc(F)c1.NCc1cccc(F)c1.NCc1cccc(F)c1. The smallest absolute Gasteiger partial charge is 0.217 e. The van der Waals surface area contributed by atoms with Crippen LogP contribution in [0.15, 0.2) is 273 Å². The number of carbonyl (C=O) groups excluding carboxylic acids is 4. The summed E-state index contributed by atoms with van der Waals surface area (Å²) in [6.07, 6.45) is 0. The van der Waals surface area contributed by atoms with Crippen molar-refractivity contribution in [1.82, 2.24) is 21.3 Å². The van der Waals surface area contributed by atoms with Crippen LogP contribution in [0.2, 0.25) is 0 Å². The van der Waals surface area contributed by atoms with E-state index < -0.39 is 17.5 Å². The van der Waals surface area contributed by atoms with Crippen molar-refractivity contribution < 1.29 is 76.3 Å². The molecule has 0 radical (unpaired) electrons. The van der Waals surface area contributed by atoms with Crippen LogP contribution in [-0.2, 0) is 104 Å². The summed E-state index contributed by atoms with van der Waals surface area (Å²) < 4.78 is 164. The van der Waals surface area contributed by atoms with Crippen LogP contribution in [-0.4, -0.2) is 37.7 Å². The second-order valence-electron chi connectivity index (χ2n) is 29.2. The van der Waals surface area contributed by atoms with Gasteiger partial charge in [0.2, 0.25) is 23.6 Å². The number of halogens is 13. The first-order chi connectivity index (χ1) is 70.5. The molecule has 0 aromatic heterocycles. The van der Waals surface area contributed by atoms with E-state index in [0.717, 1.165) is 61.2 Å². The fraction of sp³-hybridized carbons (Fsp3) is 0.274. The predicted molar refractivity (Wildman–Crippen MR) is 582 cm³/mol. The Labute approximate surface area is 867 Å². The maximum atomic E-state index is 13.0. The van der Waals surface area contributed by atoms with E-state index in [0.29, 0.717) is 118 Å².